The lowest BCUT2D eigenvalue weighted by molar-refractivity contribution is 0.0600. The lowest BCUT2D eigenvalue weighted by atomic mass is 10.1. The van der Waals surface area contributed by atoms with Crippen LogP contribution in [-0.2, 0) is 6.54 Å². The van der Waals surface area contributed by atoms with Gasteiger partial charge >= 0.3 is 0 Å². The van der Waals surface area contributed by atoms with Gasteiger partial charge < -0.3 is 18.8 Å². The van der Waals surface area contributed by atoms with Crippen molar-refractivity contribution in [3.8, 4) is 11.5 Å². The summed E-state index contributed by atoms with van der Waals surface area (Å²) in [5.41, 5.74) is 3.04. The van der Waals surface area contributed by atoms with Gasteiger partial charge in [-0.15, -0.1) is 0 Å². The highest BCUT2D eigenvalue weighted by Crippen LogP contribution is 2.33. The van der Waals surface area contributed by atoms with Crippen molar-refractivity contribution in [2.45, 2.75) is 13.5 Å². The largest absolute Gasteiger partial charge is 0.454 e. The second-order valence-corrected chi connectivity index (χ2v) is 7.36. The minimum Gasteiger partial charge on any atom is -0.454 e. The van der Waals surface area contributed by atoms with Crippen molar-refractivity contribution in [3.05, 3.63) is 59.4 Å². The van der Waals surface area contributed by atoms with Crippen LogP contribution in [0.3, 0.4) is 0 Å². The van der Waals surface area contributed by atoms with Gasteiger partial charge in [-0.3, -0.25) is 9.69 Å². The van der Waals surface area contributed by atoms with Gasteiger partial charge in [-0.25, -0.2) is 0 Å². The van der Waals surface area contributed by atoms with Crippen molar-refractivity contribution in [2.24, 2.45) is 0 Å². The van der Waals surface area contributed by atoms with Crippen molar-refractivity contribution >= 4 is 16.9 Å². The number of para-hydroxylation sites is 1. The molecule has 0 radical (unpaired) electrons. The Labute approximate surface area is 163 Å². The topological polar surface area (TPSA) is 55.2 Å². The quantitative estimate of drug-likeness (QED) is 0.699. The molecule has 5 rings (SSSR count). The van der Waals surface area contributed by atoms with Crippen molar-refractivity contribution < 1.29 is 18.7 Å². The molecule has 144 valence electrons. The van der Waals surface area contributed by atoms with Crippen LogP contribution in [0.5, 0.6) is 11.5 Å². The number of carbonyl (C=O) groups is 1. The third kappa shape index (κ3) is 3.10. The summed E-state index contributed by atoms with van der Waals surface area (Å²) in [5, 5.41) is 0.977. The van der Waals surface area contributed by atoms with Crippen LogP contribution in [0.25, 0.3) is 11.0 Å². The average molecular weight is 378 g/mol. The number of amides is 1. The first kappa shape index (κ1) is 17.1. The van der Waals surface area contributed by atoms with E-state index in [0.717, 1.165) is 47.7 Å². The zero-order valence-electron chi connectivity index (χ0n) is 15.8. The van der Waals surface area contributed by atoms with Gasteiger partial charge in [0, 0.05) is 38.1 Å². The number of benzene rings is 2. The van der Waals surface area contributed by atoms with Crippen molar-refractivity contribution in [3.63, 3.8) is 0 Å². The van der Waals surface area contributed by atoms with Crippen LogP contribution in [0.15, 0.2) is 46.9 Å². The van der Waals surface area contributed by atoms with Crippen LogP contribution >= 0.6 is 0 Å². The maximum Gasteiger partial charge on any atom is 0.289 e. The normalized spacial score (nSPS) is 16.7. The molecule has 0 spiro atoms. The minimum atomic E-state index is -0.0293. The van der Waals surface area contributed by atoms with E-state index in [-0.39, 0.29) is 5.91 Å². The Bertz CT molecular complexity index is 1030. The molecule has 1 fully saturated rings. The fourth-order valence-corrected chi connectivity index (χ4v) is 3.88. The number of carbonyl (C=O) groups excluding carboxylic acids is 1. The molecule has 0 bridgehead atoms. The predicted molar refractivity (Wildman–Crippen MR) is 105 cm³/mol. The maximum absolute atomic E-state index is 12.9. The second-order valence-electron chi connectivity index (χ2n) is 7.36. The monoisotopic (exact) mass is 378 g/mol. The van der Waals surface area contributed by atoms with Gasteiger partial charge in [-0.1, -0.05) is 24.3 Å². The summed E-state index contributed by atoms with van der Waals surface area (Å²) >= 11 is 0. The van der Waals surface area contributed by atoms with Gasteiger partial charge in [0.25, 0.3) is 5.91 Å². The molecule has 2 aromatic carbocycles. The first-order valence-corrected chi connectivity index (χ1v) is 9.57. The molecule has 2 aliphatic heterocycles. The first-order chi connectivity index (χ1) is 13.7. The van der Waals surface area contributed by atoms with E-state index >= 15 is 0 Å². The van der Waals surface area contributed by atoms with Crippen molar-refractivity contribution in [1.82, 2.24) is 9.80 Å². The number of hydrogen-bond acceptors (Lipinski definition) is 5. The van der Waals surface area contributed by atoms with Gasteiger partial charge in [-0.05, 0) is 36.2 Å². The Morgan fingerprint density at radius 3 is 2.64 bits per heavy atom. The summed E-state index contributed by atoms with van der Waals surface area (Å²) in [4.78, 5) is 17.1. The molecule has 0 saturated carbocycles. The zero-order chi connectivity index (χ0) is 19.1. The molecular weight excluding hydrogens is 356 g/mol. The number of hydrogen-bond donors (Lipinski definition) is 0. The Kier molecular flexibility index (Phi) is 4.20. The van der Waals surface area contributed by atoms with Crippen molar-refractivity contribution in [1.29, 1.82) is 0 Å². The number of rotatable bonds is 3. The van der Waals surface area contributed by atoms with Gasteiger partial charge in [0.05, 0.1) is 0 Å². The second kappa shape index (κ2) is 6.87. The lowest BCUT2D eigenvalue weighted by Crippen LogP contribution is -2.48. The van der Waals surface area contributed by atoms with E-state index < -0.39 is 0 Å². The Morgan fingerprint density at radius 1 is 1.00 bits per heavy atom. The summed E-state index contributed by atoms with van der Waals surface area (Å²) in [6, 6.07) is 13.9. The molecule has 3 aromatic rings. The molecule has 0 aliphatic carbocycles. The summed E-state index contributed by atoms with van der Waals surface area (Å²) in [5.74, 6) is 2.01. The molecule has 6 heteroatoms. The number of nitrogens with zero attached hydrogens (tertiary/aromatic N) is 2. The fraction of sp³-hybridized carbons (Fsp3) is 0.318. The number of aryl methyl sites for hydroxylation is 1. The summed E-state index contributed by atoms with van der Waals surface area (Å²) < 4.78 is 16.7. The molecular formula is C22H22N2O4. The van der Waals surface area contributed by atoms with Gasteiger partial charge in [0.15, 0.2) is 17.3 Å². The van der Waals surface area contributed by atoms with Crippen LogP contribution in [0, 0.1) is 6.92 Å². The number of piperazine rings is 1. The van der Waals surface area contributed by atoms with E-state index in [1.807, 2.05) is 48.2 Å². The molecule has 6 nitrogen and oxygen atoms in total. The first-order valence-electron chi connectivity index (χ1n) is 9.57. The molecule has 1 aromatic heterocycles. The van der Waals surface area contributed by atoms with Crippen molar-refractivity contribution in [2.75, 3.05) is 33.0 Å². The van der Waals surface area contributed by atoms with Crippen LogP contribution in [-0.4, -0.2) is 48.7 Å². The SMILES string of the molecule is Cc1cccc2cc(C(=O)N3CCN(Cc4ccc5c(c4)OCO5)CC3)oc12. The molecule has 0 unspecified atom stereocenters. The molecule has 1 amide bonds. The predicted octanol–water partition coefficient (Wildman–Crippen LogP) is 3.43. The average Bonchev–Trinajstić information content (AvgIpc) is 3.35. The van der Waals surface area contributed by atoms with E-state index in [1.54, 1.807) is 0 Å². The standard InChI is InChI=1S/C22H22N2O4/c1-15-3-2-4-17-12-20(28-21(15)17)22(25)24-9-7-23(8-10-24)13-16-5-6-18-19(11-16)27-14-26-18/h2-6,11-12H,7-10,13-14H2,1H3. The highest BCUT2D eigenvalue weighted by molar-refractivity contribution is 5.96. The fourth-order valence-electron chi connectivity index (χ4n) is 3.88. The molecule has 3 heterocycles. The van der Waals surface area contributed by atoms with E-state index in [4.69, 9.17) is 13.9 Å². The maximum atomic E-state index is 12.9. The Balaban J connectivity index is 1.22. The van der Waals surface area contributed by atoms with Crippen LogP contribution in [0.1, 0.15) is 21.7 Å². The summed E-state index contributed by atoms with van der Waals surface area (Å²) in [6.07, 6.45) is 0. The Hall–Kier alpha value is -2.99. The summed E-state index contributed by atoms with van der Waals surface area (Å²) in [6.45, 7) is 6.18. The van der Waals surface area contributed by atoms with E-state index in [1.165, 1.54) is 5.56 Å². The van der Waals surface area contributed by atoms with Gasteiger partial charge in [0.1, 0.15) is 5.58 Å². The van der Waals surface area contributed by atoms with Gasteiger partial charge in [-0.2, -0.15) is 0 Å². The minimum absolute atomic E-state index is 0.0293. The number of ether oxygens (including phenoxy) is 2. The molecule has 0 N–H and O–H groups in total. The number of fused-ring (bicyclic) bond motifs is 2. The van der Waals surface area contributed by atoms with Crippen LogP contribution in [0.2, 0.25) is 0 Å². The van der Waals surface area contributed by atoms with Crippen LogP contribution in [0.4, 0.5) is 0 Å². The third-order valence-electron chi connectivity index (χ3n) is 5.45. The zero-order valence-corrected chi connectivity index (χ0v) is 15.8. The lowest BCUT2D eigenvalue weighted by Gasteiger charge is -2.34. The van der Waals surface area contributed by atoms with E-state index in [2.05, 4.69) is 11.0 Å². The molecule has 28 heavy (non-hydrogen) atoms. The third-order valence-corrected chi connectivity index (χ3v) is 5.45. The highest BCUT2D eigenvalue weighted by Gasteiger charge is 2.25. The number of furan rings is 1. The van der Waals surface area contributed by atoms with E-state index in [9.17, 15) is 4.79 Å². The van der Waals surface area contributed by atoms with Gasteiger partial charge in [0.2, 0.25) is 6.79 Å². The van der Waals surface area contributed by atoms with E-state index in [0.29, 0.717) is 25.6 Å². The summed E-state index contributed by atoms with van der Waals surface area (Å²) in [7, 11) is 0. The Morgan fingerprint density at radius 2 is 1.82 bits per heavy atom. The molecule has 0 atom stereocenters. The molecule has 1 saturated heterocycles. The molecule has 2 aliphatic rings. The highest BCUT2D eigenvalue weighted by atomic mass is 16.7. The van der Waals surface area contributed by atoms with Crippen LogP contribution < -0.4 is 9.47 Å². The smallest absolute Gasteiger partial charge is 0.289 e.